The van der Waals surface area contributed by atoms with Crippen molar-refractivity contribution in [1.29, 1.82) is 0 Å². The first kappa shape index (κ1) is 14.3. The van der Waals surface area contributed by atoms with Gasteiger partial charge in [-0.2, -0.15) is 10.9 Å². The van der Waals surface area contributed by atoms with Gasteiger partial charge in [0.1, 0.15) is 11.2 Å². The van der Waals surface area contributed by atoms with E-state index in [2.05, 4.69) is 40.7 Å². The smallest absolute Gasteiger partial charge is 0.267 e. The molecule has 112 valence electrons. The van der Waals surface area contributed by atoms with Crippen LogP contribution in [0.25, 0.3) is 0 Å². The Hall–Kier alpha value is -2.69. The molecule has 3 N–H and O–H groups in total. The number of amides is 1. The predicted molar refractivity (Wildman–Crippen MR) is 84.1 cm³/mol. The lowest BCUT2D eigenvalue weighted by Crippen LogP contribution is -2.90. The Morgan fingerprint density at radius 1 is 1.18 bits per heavy atom. The summed E-state index contributed by atoms with van der Waals surface area (Å²) < 4.78 is 0. The molecule has 0 radical (unpaired) electrons. The largest absolute Gasteiger partial charge is 0.304 e. The number of nitrogens with one attached hydrogen (secondary N) is 3. The summed E-state index contributed by atoms with van der Waals surface area (Å²) in [5.41, 5.74) is 8.31. The third-order valence-electron chi connectivity index (χ3n) is 3.58. The standard InChI is InChI=1S/C17H18N4O/c1-17(2)11-12-7-3-4-8-13(12)15(19-17)20-21-16(22)14-9-5-6-10-18-14/h3-10H,11H2,1-2H3,(H,19,20)(H,21,22)/p+1. The molecule has 0 spiro atoms. The van der Waals surface area contributed by atoms with E-state index in [0.717, 1.165) is 17.8 Å². The van der Waals surface area contributed by atoms with Gasteiger partial charge in [0.25, 0.3) is 5.84 Å². The molecule has 5 heteroatoms. The molecule has 1 aliphatic rings. The maximum atomic E-state index is 12.1. The van der Waals surface area contributed by atoms with E-state index < -0.39 is 0 Å². The number of amidine groups is 1. The van der Waals surface area contributed by atoms with Crippen molar-refractivity contribution in [2.75, 3.05) is 0 Å². The Kier molecular flexibility index (Phi) is 3.63. The molecule has 3 rings (SSSR count). The van der Waals surface area contributed by atoms with Gasteiger partial charge in [0.05, 0.1) is 5.56 Å². The molecule has 2 aromatic rings. The third-order valence-corrected chi connectivity index (χ3v) is 3.58. The number of hydrogen-bond donors (Lipinski definition) is 3. The van der Waals surface area contributed by atoms with E-state index in [1.165, 1.54) is 5.56 Å². The molecule has 1 aromatic carbocycles. The lowest BCUT2D eigenvalue weighted by Gasteiger charge is -2.25. The summed E-state index contributed by atoms with van der Waals surface area (Å²) in [5, 5.41) is 0. The fourth-order valence-electron chi connectivity index (χ4n) is 2.62. The molecule has 5 nitrogen and oxygen atoms in total. The van der Waals surface area contributed by atoms with Crippen LogP contribution in [0.5, 0.6) is 0 Å². The Bertz CT molecular complexity index is 722. The number of carbonyl (C=O) groups excluding carboxylic acids is 1. The summed E-state index contributed by atoms with van der Waals surface area (Å²) in [4.78, 5) is 19.5. The molecule has 0 saturated carbocycles. The van der Waals surface area contributed by atoms with Crippen LogP contribution in [-0.2, 0) is 6.42 Å². The number of benzene rings is 1. The number of hydrazine groups is 1. The number of nitrogens with zero attached hydrogens (tertiary/aromatic N) is 1. The second-order valence-electron chi connectivity index (χ2n) is 6.01. The topological polar surface area (TPSA) is 68.0 Å². The number of pyridine rings is 1. The van der Waals surface area contributed by atoms with Crippen molar-refractivity contribution in [2.24, 2.45) is 0 Å². The van der Waals surface area contributed by atoms with Gasteiger partial charge in [-0.15, -0.1) is 0 Å². The average Bonchev–Trinajstić information content (AvgIpc) is 2.52. The zero-order chi connectivity index (χ0) is 15.6. The van der Waals surface area contributed by atoms with Gasteiger partial charge < -0.3 is 0 Å². The number of aromatic nitrogens is 1. The predicted octanol–water partition coefficient (Wildman–Crippen LogP) is 0.178. The zero-order valence-electron chi connectivity index (χ0n) is 12.7. The van der Waals surface area contributed by atoms with Crippen LogP contribution in [0.2, 0.25) is 0 Å². The normalized spacial score (nSPS) is 15.5. The van der Waals surface area contributed by atoms with E-state index in [1.807, 2.05) is 18.2 Å². The van der Waals surface area contributed by atoms with Crippen LogP contribution in [-0.4, -0.2) is 22.3 Å². The second-order valence-corrected chi connectivity index (χ2v) is 6.01. The first-order valence-corrected chi connectivity index (χ1v) is 7.26. The lowest BCUT2D eigenvalue weighted by molar-refractivity contribution is -0.547. The quantitative estimate of drug-likeness (QED) is 0.657. The average molecular weight is 295 g/mol. The maximum Gasteiger partial charge on any atom is 0.304 e. The lowest BCUT2D eigenvalue weighted by atomic mass is 9.89. The van der Waals surface area contributed by atoms with E-state index in [9.17, 15) is 4.79 Å². The number of rotatable bonds is 1. The van der Waals surface area contributed by atoms with Crippen LogP contribution in [0.1, 0.15) is 35.5 Å². The fraction of sp³-hybridized carbons (Fsp3) is 0.235. The highest BCUT2D eigenvalue weighted by molar-refractivity contribution is 5.99. The number of hydrogen-bond acceptors (Lipinski definition) is 3. The van der Waals surface area contributed by atoms with Crippen molar-refractivity contribution >= 4 is 11.7 Å². The number of carbonyl (C=O) groups is 1. The van der Waals surface area contributed by atoms with Crippen molar-refractivity contribution in [1.82, 2.24) is 15.8 Å². The van der Waals surface area contributed by atoms with E-state index in [4.69, 9.17) is 0 Å². The Balaban J connectivity index is 1.79. The van der Waals surface area contributed by atoms with Crippen molar-refractivity contribution in [3.05, 3.63) is 65.5 Å². The van der Waals surface area contributed by atoms with Crippen molar-refractivity contribution < 1.29 is 9.79 Å². The molecule has 0 aliphatic carbocycles. The Labute approximate surface area is 129 Å². The van der Waals surface area contributed by atoms with E-state index in [1.54, 1.807) is 24.4 Å². The molecular weight excluding hydrogens is 276 g/mol. The summed E-state index contributed by atoms with van der Waals surface area (Å²) in [6.45, 7) is 4.26. The monoisotopic (exact) mass is 295 g/mol. The molecule has 2 heterocycles. The Morgan fingerprint density at radius 3 is 2.73 bits per heavy atom. The molecule has 0 bridgehead atoms. The van der Waals surface area contributed by atoms with Crippen molar-refractivity contribution in [2.45, 2.75) is 25.8 Å². The first-order chi connectivity index (χ1) is 10.6. The van der Waals surface area contributed by atoms with Gasteiger partial charge in [-0.3, -0.25) is 14.8 Å². The van der Waals surface area contributed by atoms with Gasteiger partial charge in [0, 0.05) is 12.6 Å². The molecule has 0 atom stereocenters. The molecule has 0 unspecified atom stereocenters. The van der Waals surface area contributed by atoms with E-state index >= 15 is 0 Å². The Morgan fingerprint density at radius 2 is 1.95 bits per heavy atom. The van der Waals surface area contributed by atoms with Gasteiger partial charge in [-0.25, -0.2) is 0 Å². The van der Waals surface area contributed by atoms with Crippen LogP contribution < -0.4 is 15.8 Å². The summed E-state index contributed by atoms with van der Waals surface area (Å²) >= 11 is 0. The first-order valence-electron chi connectivity index (χ1n) is 7.26. The minimum Gasteiger partial charge on any atom is -0.267 e. The van der Waals surface area contributed by atoms with Gasteiger partial charge in [-0.1, -0.05) is 24.3 Å². The molecule has 0 fully saturated rings. The van der Waals surface area contributed by atoms with Crippen molar-refractivity contribution in [3.8, 4) is 0 Å². The zero-order valence-corrected chi connectivity index (χ0v) is 12.7. The summed E-state index contributed by atoms with van der Waals surface area (Å²) in [7, 11) is 0. The van der Waals surface area contributed by atoms with E-state index in [0.29, 0.717) is 5.69 Å². The molecular formula is C17H19N4O+. The van der Waals surface area contributed by atoms with Crippen LogP contribution >= 0.6 is 0 Å². The van der Waals surface area contributed by atoms with Gasteiger partial charge in [-0.05, 0) is 37.6 Å². The van der Waals surface area contributed by atoms with E-state index in [-0.39, 0.29) is 11.4 Å². The molecule has 1 aromatic heterocycles. The minimum atomic E-state index is -0.268. The van der Waals surface area contributed by atoms with Crippen molar-refractivity contribution in [3.63, 3.8) is 0 Å². The molecule has 0 saturated heterocycles. The molecule has 1 aliphatic heterocycles. The molecule has 22 heavy (non-hydrogen) atoms. The highest BCUT2D eigenvalue weighted by Gasteiger charge is 2.31. The van der Waals surface area contributed by atoms with Crippen LogP contribution in [0.15, 0.2) is 48.7 Å². The summed E-state index contributed by atoms with van der Waals surface area (Å²) in [6, 6.07) is 13.4. The maximum absolute atomic E-state index is 12.1. The highest BCUT2D eigenvalue weighted by Crippen LogP contribution is 2.16. The fourth-order valence-corrected chi connectivity index (χ4v) is 2.62. The van der Waals surface area contributed by atoms with Crippen LogP contribution in [0, 0.1) is 0 Å². The number of fused-ring (bicyclic) bond motifs is 1. The second kappa shape index (κ2) is 5.60. The SMILES string of the molecule is CC1(C)Cc2ccccc2C(NNC(=O)c2ccccn2)=[NH+]1. The highest BCUT2D eigenvalue weighted by atomic mass is 16.2. The van der Waals surface area contributed by atoms with Gasteiger partial charge in [0.15, 0.2) is 0 Å². The van der Waals surface area contributed by atoms with Gasteiger partial charge in [0.2, 0.25) is 0 Å². The summed E-state index contributed by atoms with van der Waals surface area (Å²) in [5.74, 6) is 0.534. The summed E-state index contributed by atoms with van der Waals surface area (Å²) in [6.07, 6.45) is 2.53. The van der Waals surface area contributed by atoms with Crippen LogP contribution in [0.3, 0.4) is 0 Å². The van der Waals surface area contributed by atoms with Crippen LogP contribution in [0.4, 0.5) is 0 Å². The third kappa shape index (κ3) is 2.98. The minimum absolute atomic E-state index is 0.0770. The van der Waals surface area contributed by atoms with Gasteiger partial charge >= 0.3 is 5.91 Å². The molecule has 1 amide bonds.